The molecule has 1 amide bonds. The molecule has 26 heavy (non-hydrogen) atoms. The van der Waals surface area contributed by atoms with Crippen molar-refractivity contribution in [3.8, 4) is 0 Å². The highest BCUT2D eigenvalue weighted by molar-refractivity contribution is 6.42. The number of rotatable bonds is 4. The van der Waals surface area contributed by atoms with Crippen molar-refractivity contribution in [2.45, 2.75) is 25.6 Å². The normalized spacial score (nSPS) is 17.4. The summed E-state index contributed by atoms with van der Waals surface area (Å²) < 4.78 is 32.7. The van der Waals surface area contributed by atoms with Gasteiger partial charge >= 0.3 is 0 Å². The number of carbonyl (C=O) groups excluding carboxylic acids is 1. The number of ether oxygens (including phenoxy) is 1. The summed E-state index contributed by atoms with van der Waals surface area (Å²) in [6, 6.07) is 8.75. The Kier molecular flexibility index (Phi) is 6.12. The third-order valence-corrected chi connectivity index (χ3v) is 5.08. The van der Waals surface area contributed by atoms with E-state index in [1.54, 1.807) is 23.1 Å². The van der Waals surface area contributed by atoms with Gasteiger partial charge in [0.1, 0.15) is 0 Å². The van der Waals surface area contributed by atoms with Crippen molar-refractivity contribution in [1.82, 2.24) is 4.90 Å². The minimum atomic E-state index is -0.897. The highest BCUT2D eigenvalue weighted by Gasteiger charge is 2.25. The van der Waals surface area contributed by atoms with E-state index in [0.29, 0.717) is 28.7 Å². The molecule has 1 saturated heterocycles. The number of piperidine rings is 1. The number of likely N-dealkylation sites (tertiary alicyclic amines) is 1. The first-order chi connectivity index (χ1) is 12.5. The number of nitrogens with zero attached hydrogens (tertiary/aromatic N) is 1. The second-order valence-electron chi connectivity index (χ2n) is 6.17. The molecule has 0 aliphatic carbocycles. The van der Waals surface area contributed by atoms with Crippen LogP contribution in [-0.2, 0) is 11.3 Å². The lowest BCUT2D eigenvalue weighted by atomic mass is 10.1. The third kappa shape index (κ3) is 4.34. The van der Waals surface area contributed by atoms with Crippen LogP contribution in [0.15, 0.2) is 36.4 Å². The topological polar surface area (TPSA) is 29.5 Å². The maximum atomic E-state index is 13.7. The summed E-state index contributed by atoms with van der Waals surface area (Å²) in [4.78, 5) is 14.3. The van der Waals surface area contributed by atoms with E-state index in [9.17, 15) is 13.6 Å². The fourth-order valence-corrected chi connectivity index (χ4v) is 3.24. The first-order valence-corrected chi connectivity index (χ1v) is 9.00. The summed E-state index contributed by atoms with van der Waals surface area (Å²) in [7, 11) is 0. The van der Waals surface area contributed by atoms with Gasteiger partial charge in [-0.1, -0.05) is 35.3 Å². The molecule has 1 aliphatic heterocycles. The molecular weight excluding hydrogens is 383 g/mol. The lowest BCUT2D eigenvalue weighted by Gasteiger charge is -2.33. The van der Waals surface area contributed by atoms with Crippen LogP contribution < -0.4 is 0 Å². The quantitative estimate of drug-likeness (QED) is 0.716. The summed E-state index contributed by atoms with van der Waals surface area (Å²) in [5, 5.41) is 0.712. The molecule has 1 heterocycles. The van der Waals surface area contributed by atoms with E-state index in [2.05, 4.69) is 0 Å². The molecule has 0 N–H and O–H groups in total. The fraction of sp³-hybridized carbons (Fsp3) is 0.316. The van der Waals surface area contributed by atoms with Crippen LogP contribution in [0.4, 0.5) is 8.78 Å². The van der Waals surface area contributed by atoms with Crippen molar-refractivity contribution < 1.29 is 18.3 Å². The van der Waals surface area contributed by atoms with Crippen molar-refractivity contribution in [3.05, 3.63) is 69.2 Å². The van der Waals surface area contributed by atoms with Gasteiger partial charge < -0.3 is 9.64 Å². The second-order valence-corrected chi connectivity index (χ2v) is 6.98. The van der Waals surface area contributed by atoms with Crippen molar-refractivity contribution in [2.24, 2.45) is 0 Å². The van der Waals surface area contributed by atoms with Gasteiger partial charge in [-0.25, -0.2) is 8.78 Å². The number of amides is 1. The average molecular weight is 400 g/mol. The lowest BCUT2D eigenvalue weighted by molar-refractivity contribution is -0.00776. The van der Waals surface area contributed by atoms with Crippen LogP contribution in [0, 0.1) is 11.6 Å². The van der Waals surface area contributed by atoms with Gasteiger partial charge in [0.25, 0.3) is 5.91 Å². The molecule has 0 spiro atoms. The third-order valence-electron chi connectivity index (χ3n) is 4.34. The first kappa shape index (κ1) is 19.1. The molecule has 0 aromatic heterocycles. The van der Waals surface area contributed by atoms with Crippen LogP contribution in [0.5, 0.6) is 0 Å². The molecule has 1 atom stereocenters. The number of carbonyl (C=O) groups is 1. The molecule has 138 valence electrons. The summed E-state index contributed by atoms with van der Waals surface area (Å²) >= 11 is 11.9. The average Bonchev–Trinajstić information content (AvgIpc) is 2.65. The SMILES string of the molecule is O=C(c1ccc(Cl)c(Cl)c1)N1CCCC(OCc2cccc(F)c2F)C1. The molecule has 2 aromatic carbocycles. The van der Waals surface area contributed by atoms with Crippen LogP contribution in [-0.4, -0.2) is 30.0 Å². The van der Waals surface area contributed by atoms with Crippen molar-refractivity contribution in [3.63, 3.8) is 0 Å². The predicted octanol–water partition coefficient (Wildman–Crippen LogP) is 5.09. The van der Waals surface area contributed by atoms with Gasteiger partial charge in [0.15, 0.2) is 11.6 Å². The molecule has 2 aromatic rings. The zero-order valence-electron chi connectivity index (χ0n) is 13.9. The van der Waals surface area contributed by atoms with Crippen molar-refractivity contribution in [1.29, 1.82) is 0 Å². The van der Waals surface area contributed by atoms with Gasteiger partial charge in [-0.05, 0) is 37.1 Å². The number of halogens is 4. The van der Waals surface area contributed by atoms with Gasteiger partial charge in [-0.3, -0.25) is 4.79 Å². The highest BCUT2D eigenvalue weighted by atomic mass is 35.5. The molecule has 0 radical (unpaired) electrons. The molecule has 7 heteroatoms. The summed E-state index contributed by atoms with van der Waals surface area (Å²) in [5.41, 5.74) is 0.620. The first-order valence-electron chi connectivity index (χ1n) is 8.24. The largest absolute Gasteiger partial charge is 0.372 e. The highest BCUT2D eigenvalue weighted by Crippen LogP contribution is 2.24. The minimum Gasteiger partial charge on any atom is -0.372 e. The Bertz CT molecular complexity index is 816. The molecule has 1 fully saturated rings. The zero-order chi connectivity index (χ0) is 18.7. The Balaban J connectivity index is 1.62. The van der Waals surface area contributed by atoms with Crippen molar-refractivity contribution >= 4 is 29.1 Å². The summed E-state index contributed by atoms with van der Waals surface area (Å²) in [5.74, 6) is -1.95. The van der Waals surface area contributed by atoms with E-state index in [-0.39, 0.29) is 24.2 Å². The molecule has 1 aliphatic rings. The minimum absolute atomic E-state index is 0.0386. The van der Waals surface area contributed by atoms with E-state index in [4.69, 9.17) is 27.9 Å². The van der Waals surface area contributed by atoms with E-state index in [0.717, 1.165) is 18.9 Å². The Morgan fingerprint density at radius 2 is 2.00 bits per heavy atom. The Labute approximate surface area is 160 Å². The van der Waals surface area contributed by atoms with Gasteiger partial charge in [0.2, 0.25) is 0 Å². The number of hydrogen-bond donors (Lipinski definition) is 0. The molecule has 1 unspecified atom stereocenters. The van der Waals surface area contributed by atoms with Crippen LogP contribution in [0.2, 0.25) is 10.0 Å². The Hall–Kier alpha value is -1.69. The van der Waals surface area contributed by atoms with Crippen LogP contribution in [0.25, 0.3) is 0 Å². The maximum Gasteiger partial charge on any atom is 0.253 e. The predicted molar refractivity (Wildman–Crippen MR) is 96.5 cm³/mol. The Morgan fingerprint density at radius 3 is 2.77 bits per heavy atom. The molecule has 3 nitrogen and oxygen atoms in total. The van der Waals surface area contributed by atoms with E-state index >= 15 is 0 Å². The van der Waals surface area contributed by atoms with E-state index in [1.807, 2.05) is 0 Å². The standard InChI is InChI=1S/C19H17Cl2F2NO2/c20-15-7-6-12(9-16(15)21)19(25)24-8-2-4-14(10-24)26-11-13-3-1-5-17(22)18(13)23/h1,3,5-7,9,14H,2,4,8,10-11H2. The summed E-state index contributed by atoms with van der Waals surface area (Å²) in [6.45, 7) is 0.951. The summed E-state index contributed by atoms with van der Waals surface area (Å²) in [6.07, 6.45) is 1.28. The van der Waals surface area contributed by atoms with Crippen LogP contribution in [0.1, 0.15) is 28.8 Å². The molecular formula is C19H17Cl2F2NO2. The second kappa shape index (κ2) is 8.33. The Morgan fingerprint density at radius 1 is 1.19 bits per heavy atom. The number of hydrogen-bond acceptors (Lipinski definition) is 2. The molecule has 3 rings (SSSR count). The van der Waals surface area contributed by atoms with Gasteiger partial charge in [0, 0.05) is 24.2 Å². The lowest BCUT2D eigenvalue weighted by Crippen LogP contribution is -2.43. The number of benzene rings is 2. The van der Waals surface area contributed by atoms with Gasteiger partial charge in [-0.2, -0.15) is 0 Å². The van der Waals surface area contributed by atoms with E-state index in [1.165, 1.54) is 12.1 Å². The van der Waals surface area contributed by atoms with Crippen LogP contribution in [0.3, 0.4) is 0 Å². The van der Waals surface area contributed by atoms with Gasteiger partial charge in [0.05, 0.1) is 22.8 Å². The van der Waals surface area contributed by atoms with Crippen molar-refractivity contribution in [2.75, 3.05) is 13.1 Å². The van der Waals surface area contributed by atoms with E-state index < -0.39 is 11.6 Å². The van der Waals surface area contributed by atoms with Gasteiger partial charge in [-0.15, -0.1) is 0 Å². The smallest absolute Gasteiger partial charge is 0.253 e. The fourth-order valence-electron chi connectivity index (χ4n) is 2.94. The maximum absolute atomic E-state index is 13.7. The monoisotopic (exact) mass is 399 g/mol. The zero-order valence-corrected chi connectivity index (χ0v) is 15.4. The van der Waals surface area contributed by atoms with Crippen LogP contribution >= 0.6 is 23.2 Å². The molecule has 0 saturated carbocycles. The molecule has 0 bridgehead atoms.